The van der Waals surface area contributed by atoms with Gasteiger partial charge in [0.05, 0.1) is 17.8 Å². The van der Waals surface area contributed by atoms with Crippen LogP contribution in [-0.2, 0) is 20.7 Å². The van der Waals surface area contributed by atoms with Crippen LogP contribution in [0.15, 0.2) is 28.7 Å². The number of benzene rings is 1. The molecule has 278 valence electrons. The summed E-state index contributed by atoms with van der Waals surface area (Å²) in [5.74, 6) is 2.34. The van der Waals surface area contributed by atoms with Gasteiger partial charge in [0.2, 0.25) is 11.8 Å². The zero-order valence-corrected chi connectivity index (χ0v) is 35.3. The van der Waals surface area contributed by atoms with Crippen molar-refractivity contribution in [3.05, 3.63) is 44.9 Å². The lowest BCUT2D eigenvalue weighted by Crippen LogP contribution is -2.47. The predicted molar refractivity (Wildman–Crippen MR) is 212 cm³/mol. The van der Waals surface area contributed by atoms with Gasteiger partial charge in [0, 0.05) is 55.0 Å². The molecular weight excluding hydrogens is 688 g/mol. The molecule has 3 rings (SSSR count). The summed E-state index contributed by atoms with van der Waals surface area (Å²) in [7, 11) is 6.64. The maximum Gasteiger partial charge on any atom is 0.223 e. The molecule has 2 aromatic rings. The average molecular weight is 758 g/mol. The van der Waals surface area contributed by atoms with Crippen LogP contribution in [0.4, 0.5) is 0 Å². The SMILES string of the molecule is CCC.CCC(C)CC[C@](C)(CC)NC(=O)C(C)CC.CCCOC.COC.COc1nc(-c2cccc(Br)c2Cl)cc2c1[C@H](C)CC2. The molecular formula is C40H70BrClN2O4. The van der Waals surface area contributed by atoms with Crippen LogP contribution in [0.25, 0.3) is 11.3 Å². The summed E-state index contributed by atoms with van der Waals surface area (Å²) in [5, 5.41) is 3.92. The van der Waals surface area contributed by atoms with Gasteiger partial charge in [-0.1, -0.05) is 98.9 Å². The molecule has 1 aromatic heterocycles. The molecule has 1 N–H and O–H groups in total. The van der Waals surface area contributed by atoms with Crippen LogP contribution in [0.2, 0.25) is 5.02 Å². The Bertz CT molecular complexity index is 1130. The van der Waals surface area contributed by atoms with Crippen molar-refractivity contribution in [2.24, 2.45) is 11.8 Å². The number of aryl methyl sites for hydroxylation is 1. The van der Waals surface area contributed by atoms with E-state index in [9.17, 15) is 4.79 Å². The van der Waals surface area contributed by atoms with Crippen LogP contribution in [0.1, 0.15) is 138 Å². The second kappa shape index (κ2) is 28.1. The van der Waals surface area contributed by atoms with E-state index in [1.807, 2.05) is 25.1 Å². The number of nitrogens with zero attached hydrogens (tertiary/aromatic N) is 1. The summed E-state index contributed by atoms with van der Waals surface area (Å²) >= 11 is 9.84. The molecule has 1 heterocycles. The van der Waals surface area contributed by atoms with Crippen LogP contribution in [0.3, 0.4) is 0 Å². The van der Waals surface area contributed by atoms with Crippen molar-refractivity contribution in [3.63, 3.8) is 0 Å². The van der Waals surface area contributed by atoms with Gasteiger partial charge >= 0.3 is 0 Å². The van der Waals surface area contributed by atoms with E-state index in [0.29, 0.717) is 10.9 Å². The monoisotopic (exact) mass is 756 g/mol. The molecule has 2 unspecified atom stereocenters. The minimum absolute atomic E-state index is 0.0239. The largest absolute Gasteiger partial charge is 0.481 e. The molecule has 1 aliphatic carbocycles. The van der Waals surface area contributed by atoms with Crippen molar-refractivity contribution in [1.29, 1.82) is 0 Å². The van der Waals surface area contributed by atoms with Gasteiger partial charge in [-0.2, -0.15) is 0 Å². The Balaban J connectivity index is 0. The Hall–Kier alpha value is -1.67. The lowest BCUT2D eigenvalue weighted by Gasteiger charge is -2.32. The van der Waals surface area contributed by atoms with Gasteiger partial charge in [-0.25, -0.2) is 4.98 Å². The topological polar surface area (TPSA) is 69.7 Å². The normalized spacial score (nSPS) is 15.2. The third kappa shape index (κ3) is 18.4. The summed E-state index contributed by atoms with van der Waals surface area (Å²) in [4.78, 5) is 16.6. The predicted octanol–water partition coefficient (Wildman–Crippen LogP) is 12.1. The number of fused-ring (bicyclic) bond motifs is 1. The third-order valence-electron chi connectivity index (χ3n) is 8.43. The molecule has 1 aliphatic rings. The quantitative estimate of drug-likeness (QED) is 0.233. The van der Waals surface area contributed by atoms with Crippen LogP contribution in [-0.4, -0.2) is 51.5 Å². The standard InChI is InChI=1S/C16H15BrClNO.C15H31NO.C4H10O.C3H8.C2H6O/c1-9-6-7-10-8-13(19-16(20-2)14(9)10)11-4-3-5-12(17)15(11)18;1-7-12(4)10-11-15(6,9-3)16-14(17)13(5)8-2;1-3-4-5-2;2*1-3-2/h3-5,8-9H,6-7H2,1-2H3;12-13H,7-11H2,1-6H3,(H,16,17);3-4H2,1-2H3;3H2,1-2H3;1-2H3/t9-;12?,13?,15-;;;/m10.../s1. The number of hydrogen-bond acceptors (Lipinski definition) is 5. The first-order chi connectivity index (χ1) is 22.7. The number of halogens is 2. The molecule has 0 spiro atoms. The van der Waals surface area contributed by atoms with E-state index in [1.165, 1.54) is 30.4 Å². The fraction of sp³-hybridized carbons (Fsp3) is 0.700. The van der Waals surface area contributed by atoms with Gasteiger partial charge in [0.25, 0.3) is 0 Å². The number of carbonyl (C=O) groups is 1. The molecule has 0 saturated carbocycles. The van der Waals surface area contributed by atoms with Gasteiger partial charge in [0.1, 0.15) is 0 Å². The summed E-state index contributed by atoms with van der Waals surface area (Å²) < 4.78 is 15.3. The van der Waals surface area contributed by atoms with E-state index in [1.54, 1.807) is 28.4 Å². The van der Waals surface area contributed by atoms with Crippen LogP contribution in [0, 0.1) is 11.8 Å². The van der Waals surface area contributed by atoms with Crippen molar-refractivity contribution < 1.29 is 19.0 Å². The number of nitrogens with one attached hydrogen (secondary N) is 1. The molecule has 0 radical (unpaired) electrons. The van der Waals surface area contributed by atoms with Crippen molar-refractivity contribution in [3.8, 4) is 17.1 Å². The van der Waals surface area contributed by atoms with Gasteiger partial charge in [-0.15, -0.1) is 0 Å². The summed E-state index contributed by atoms with van der Waals surface area (Å²) in [6, 6.07) is 8.03. The number of ether oxygens (including phenoxy) is 3. The number of amides is 1. The van der Waals surface area contributed by atoms with Crippen LogP contribution < -0.4 is 10.1 Å². The van der Waals surface area contributed by atoms with Gasteiger partial charge in [0.15, 0.2) is 0 Å². The zero-order valence-electron chi connectivity index (χ0n) is 32.9. The van der Waals surface area contributed by atoms with E-state index in [-0.39, 0.29) is 17.4 Å². The summed E-state index contributed by atoms with van der Waals surface area (Å²) in [6.07, 6.45) is 10.0. The van der Waals surface area contributed by atoms with Crippen molar-refractivity contribution in [2.75, 3.05) is 35.0 Å². The highest BCUT2D eigenvalue weighted by molar-refractivity contribution is 9.10. The van der Waals surface area contributed by atoms with E-state index < -0.39 is 0 Å². The van der Waals surface area contributed by atoms with Gasteiger partial charge < -0.3 is 19.5 Å². The number of pyridine rings is 1. The molecule has 4 atom stereocenters. The summed E-state index contributed by atoms with van der Waals surface area (Å²) in [5.41, 5.74) is 4.37. The molecule has 0 aliphatic heterocycles. The highest BCUT2D eigenvalue weighted by atomic mass is 79.9. The van der Waals surface area contributed by atoms with Crippen molar-refractivity contribution in [1.82, 2.24) is 10.3 Å². The maximum atomic E-state index is 12.0. The first-order valence-corrected chi connectivity index (χ1v) is 19.1. The average Bonchev–Trinajstić information content (AvgIpc) is 3.46. The second-order valence-corrected chi connectivity index (χ2v) is 14.2. The fourth-order valence-corrected chi connectivity index (χ4v) is 5.32. The first kappa shape index (κ1) is 48.4. The van der Waals surface area contributed by atoms with Crippen molar-refractivity contribution >= 4 is 33.4 Å². The highest BCUT2D eigenvalue weighted by Crippen LogP contribution is 2.41. The Morgan fingerprint density at radius 1 is 1.08 bits per heavy atom. The molecule has 6 nitrogen and oxygen atoms in total. The number of hydrogen-bond donors (Lipinski definition) is 1. The number of methoxy groups -OCH3 is 3. The minimum Gasteiger partial charge on any atom is -0.481 e. The molecule has 0 fully saturated rings. The highest BCUT2D eigenvalue weighted by Gasteiger charge is 2.27. The van der Waals surface area contributed by atoms with E-state index >= 15 is 0 Å². The number of carbonyl (C=O) groups excluding carboxylic acids is 1. The molecule has 1 aromatic carbocycles. The Morgan fingerprint density at radius 3 is 2.15 bits per heavy atom. The number of rotatable bonds is 12. The third-order valence-corrected chi connectivity index (χ3v) is 9.73. The van der Waals surface area contributed by atoms with Crippen LogP contribution in [0.5, 0.6) is 5.88 Å². The first-order valence-electron chi connectivity index (χ1n) is 18.0. The van der Waals surface area contributed by atoms with E-state index in [4.69, 9.17) is 21.1 Å². The van der Waals surface area contributed by atoms with Gasteiger partial charge in [-0.05, 0) is 97.3 Å². The molecule has 0 bridgehead atoms. The molecule has 48 heavy (non-hydrogen) atoms. The summed E-state index contributed by atoms with van der Waals surface area (Å²) in [6.45, 7) is 22.4. The number of aromatic nitrogens is 1. The fourth-order valence-electron chi connectivity index (χ4n) is 4.73. The maximum absolute atomic E-state index is 12.0. The van der Waals surface area contributed by atoms with E-state index in [0.717, 1.165) is 72.7 Å². The molecule has 8 heteroatoms. The lowest BCUT2D eigenvalue weighted by molar-refractivity contribution is -0.126. The van der Waals surface area contributed by atoms with E-state index in [2.05, 4.69) is 99.3 Å². The second-order valence-electron chi connectivity index (χ2n) is 13.0. The van der Waals surface area contributed by atoms with Gasteiger partial charge in [-0.3, -0.25) is 4.79 Å². The Morgan fingerprint density at radius 2 is 1.69 bits per heavy atom. The molecule has 0 saturated heterocycles. The smallest absolute Gasteiger partial charge is 0.223 e. The zero-order chi connectivity index (χ0) is 37.3. The Kier molecular flexibility index (Phi) is 28.3. The van der Waals surface area contributed by atoms with Crippen LogP contribution >= 0.6 is 27.5 Å². The minimum atomic E-state index is -0.0239. The van der Waals surface area contributed by atoms with Crippen molar-refractivity contribution in [2.45, 2.75) is 138 Å². The molecule has 1 amide bonds. The Labute approximate surface area is 309 Å². The lowest BCUT2D eigenvalue weighted by atomic mass is 9.87.